The van der Waals surface area contributed by atoms with Gasteiger partial charge in [-0.2, -0.15) is 5.10 Å². The van der Waals surface area contributed by atoms with Crippen LogP contribution < -0.4 is 10.6 Å². The third-order valence-corrected chi connectivity index (χ3v) is 4.38. The third-order valence-electron chi connectivity index (χ3n) is 3.64. The molecule has 0 unspecified atom stereocenters. The number of carbonyl (C=O) groups excluding carboxylic acids is 1. The minimum absolute atomic E-state index is 0.153. The minimum atomic E-state index is -0.433. The highest BCUT2D eigenvalue weighted by Crippen LogP contribution is 2.28. The van der Waals surface area contributed by atoms with Gasteiger partial charge in [-0.25, -0.2) is 14.8 Å². The summed E-state index contributed by atoms with van der Waals surface area (Å²) >= 11 is 11.9. The van der Waals surface area contributed by atoms with Crippen molar-refractivity contribution in [3.63, 3.8) is 0 Å². The Kier molecular flexibility index (Phi) is 4.66. The van der Waals surface area contributed by atoms with Crippen molar-refractivity contribution in [1.29, 1.82) is 0 Å². The number of aromatic nitrogens is 4. The predicted molar refractivity (Wildman–Crippen MR) is 101 cm³/mol. The molecule has 4 aromatic rings. The van der Waals surface area contributed by atoms with Crippen LogP contribution in [0.15, 0.2) is 41.1 Å². The van der Waals surface area contributed by atoms with E-state index in [9.17, 15) is 4.79 Å². The maximum atomic E-state index is 12.0. The number of hydrogen-bond donors (Lipinski definition) is 3. The fraction of sp³-hybridized carbons (Fsp3) is 0.0588. The smallest absolute Gasteiger partial charge is 0.320 e. The third kappa shape index (κ3) is 3.86. The topological polar surface area (TPSA) is 109 Å². The Bertz CT molecular complexity index is 1120. The van der Waals surface area contributed by atoms with Crippen molar-refractivity contribution in [1.82, 2.24) is 25.5 Å². The molecule has 8 nitrogen and oxygen atoms in total. The number of nitrogens with zero attached hydrogens (tertiary/aromatic N) is 3. The van der Waals surface area contributed by atoms with Gasteiger partial charge in [-0.1, -0.05) is 23.2 Å². The van der Waals surface area contributed by atoms with Gasteiger partial charge in [-0.3, -0.25) is 10.4 Å². The largest absolute Gasteiger partial charge is 0.439 e. The number of anilines is 1. The van der Waals surface area contributed by atoms with Crippen molar-refractivity contribution < 1.29 is 9.21 Å². The van der Waals surface area contributed by atoms with E-state index in [0.29, 0.717) is 33.1 Å². The molecule has 0 atom stereocenters. The maximum Gasteiger partial charge on any atom is 0.320 e. The van der Waals surface area contributed by atoms with E-state index in [1.807, 2.05) is 0 Å². The van der Waals surface area contributed by atoms with E-state index >= 15 is 0 Å². The van der Waals surface area contributed by atoms with Gasteiger partial charge >= 0.3 is 6.03 Å². The summed E-state index contributed by atoms with van der Waals surface area (Å²) in [4.78, 5) is 20.3. The molecule has 1 aromatic carbocycles. The van der Waals surface area contributed by atoms with Crippen LogP contribution in [-0.2, 0) is 6.54 Å². The Morgan fingerprint density at radius 3 is 2.93 bits per heavy atom. The molecule has 10 heteroatoms. The lowest BCUT2D eigenvalue weighted by Gasteiger charge is -2.05. The Labute approximate surface area is 162 Å². The maximum absolute atomic E-state index is 12.0. The van der Waals surface area contributed by atoms with E-state index < -0.39 is 6.03 Å². The van der Waals surface area contributed by atoms with Crippen molar-refractivity contribution in [2.24, 2.45) is 0 Å². The van der Waals surface area contributed by atoms with Crippen molar-refractivity contribution >= 4 is 46.0 Å². The lowest BCUT2D eigenvalue weighted by Crippen LogP contribution is -2.28. The number of aromatic amines is 1. The van der Waals surface area contributed by atoms with E-state index in [2.05, 4.69) is 37.0 Å². The fourth-order valence-corrected chi connectivity index (χ4v) is 2.63. The zero-order valence-electron chi connectivity index (χ0n) is 13.6. The summed E-state index contributed by atoms with van der Waals surface area (Å²) in [6.45, 7) is 0.153. The van der Waals surface area contributed by atoms with Crippen LogP contribution in [0.2, 0.25) is 10.0 Å². The number of hydrogen-bond acceptors (Lipinski definition) is 5. The monoisotopic (exact) mass is 401 g/mol. The van der Waals surface area contributed by atoms with E-state index in [1.165, 1.54) is 6.20 Å². The molecule has 0 aliphatic rings. The summed E-state index contributed by atoms with van der Waals surface area (Å²) < 4.78 is 5.62. The zero-order valence-corrected chi connectivity index (χ0v) is 15.1. The van der Waals surface area contributed by atoms with Crippen LogP contribution in [-0.4, -0.2) is 26.2 Å². The quantitative estimate of drug-likeness (QED) is 0.477. The summed E-state index contributed by atoms with van der Waals surface area (Å²) in [5, 5.41) is 13.4. The summed E-state index contributed by atoms with van der Waals surface area (Å²) in [7, 11) is 0. The first-order valence-corrected chi connectivity index (χ1v) is 8.51. The molecule has 3 aromatic heterocycles. The molecule has 0 saturated heterocycles. The molecule has 27 heavy (non-hydrogen) atoms. The molecule has 4 rings (SSSR count). The zero-order chi connectivity index (χ0) is 18.8. The summed E-state index contributed by atoms with van der Waals surface area (Å²) in [5.41, 5.74) is 1.41. The Balaban J connectivity index is 1.37. The van der Waals surface area contributed by atoms with Crippen LogP contribution in [0.4, 0.5) is 10.6 Å². The van der Waals surface area contributed by atoms with Crippen molar-refractivity contribution in [3.8, 4) is 11.5 Å². The summed E-state index contributed by atoms with van der Waals surface area (Å²) in [5.74, 6) is 1.25. The highest BCUT2D eigenvalue weighted by Gasteiger charge is 2.10. The van der Waals surface area contributed by atoms with Crippen molar-refractivity contribution in [3.05, 3.63) is 58.7 Å². The van der Waals surface area contributed by atoms with Gasteiger partial charge in [0.2, 0.25) is 5.89 Å². The minimum Gasteiger partial charge on any atom is -0.439 e. The highest BCUT2D eigenvalue weighted by atomic mass is 35.5. The number of pyridine rings is 1. The number of urea groups is 1. The standard InChI is InChI=1S/C17H11Cl2N6O2/c18-12-2-1-9(3-13(12)19)16-21-7-11(27-16)8-22-17(26)24-15-4-14-10(5-20-15)6-23-25-14/h1-5,7H,8H2,(H,23,25)(H2,20,22,24,26). The number of H-pyrrole nitrogens is 1. The molecule has 3 N–H and O–H groups in total. The fourth-order valence-electron chi connectivity index (χ4n) is 2.33. The first-order chi connectivity index (χ1) is 13.1. The SMILES string of the molecule is O=C(NCc1cnc(-c2ccc(Cl)c(Cl)c2)o1)Nc1cc2[nH]n[c]c2cn1. The number of nitrogens with one attached hydrogen (secondary N) is 3. The molecule has 1 radical (unpaired) electrons. The normalized spacial score (nSPS) is 10.9. The van der Waals surface area contributed by atoms with Crippen LogP contribution >= 0.6 is 23.2 Å². The predicted octanol–water partition coefficient (Wildman–Crippen LogP) is 4.04. The second-order valence-electron chi connectivity index (χ2n) is 5.52. The van der Waals surface area contributed by atoms with Gasteiger partial charge in [0.15, 0.2) is 0 Å². The van der Waals surface area contributed by atoms with Gasteiger partial charge < -0.3 is 9.73 Å². The van der Waals surface area contributed by atoms with Crippen molar-refractivity contribution in [2.75, 3.05) is 5.32 Å². The number of fused-ring (bicyclic) bond motifs is 1. The Hall–Kier alpha value is -3.10. The molecule has 2 amide bonds. The van der Waals surface area contributed by atoms with E-state index in [0.717, 1.165) is 10.9 Å². The van der Waals surface area contributed by atoms with Gasteiger partial charge in [0.25, 0.3) is 0 Å². The first-order valence-electron chi connectivity index (χ1n) is 7.75. The number of carbonyl (C=O) groups is 1. The average Bonchev–Trinajstić information content (AvgIpc) is 3.31. The Morgan fingerprint density at radius 2 is 2.07 bits per heavy atom. The average molecular weight is 402 g/mol. The van der Waals surface area contributed by atoms with Gasteiger partial charge in [0, 0.05) is 23.2 Å². The molecule has 0 spiro atoms. The van der Waals surface area contributed by atoms with Crippen LogP contribution in [0.3, 0.4) is 0 Å². The lowest BCUT2D eigenvalue weighted by atomic mass is 10.2. The second-order valence-corrected chi connectivity index (χ2v) is 6.33. The van der Waals surface area contributed by atoms with E-state index in [1.54, 1.807) is 30.5 Å². The van der Waals surface area contributed by atoms with Crippen molar-refractivity contribution in [2.45, 2.75) is 6.54 Å². The van der Waals surface area contributed by atoms with Crippen LogP contribution in [0.1, 0.15) is 5.76 Å². The van der Waals surface area contributed by atoms with Gasteiger partial charge in [-0.15, -0.1) is 0 Å². The number of benzene rings is 1. The second kappa shape index (κ2) is 7.26. The number of halogens is 2. The number of oxazole rings is 1. The van der Waals surface area contributed by atoms with E-state index in [4.69, 9.17) is 27.6 Å². The molecule has 0 aliphatic carbocycles. The molecule has 0 fully saturated rings. The molecular weight excluding hydrogens is 391 g/mol. The highest BCUT2D eigenvalue weighted by molar-refractivity contribution is 6.42. The molecule has 3 heterocycles. The summed E-state index contributed by atoms with van der Waals surface area (Å²) in [6.07, 6.45) is 5.83. The Morgan fingerprint density at radius 1 is 1.19 bits per heavy atom. The molecular formula is C17H11Cl2N6O2. The lowest BCUT2D eigenvalue weighted by molar-refractivity contribution is 0.251. The summed E-state index contributed by atoms with van der Waals surface area (Å²) in [6, 6.07) is 6.30. The number of amides is 2. The number of rotatable bonds is 4. The van der Waals surface area contributed by atoms with Crippen LogP contribution in [0.5, 0.6) is 0 Å². The van der Waals surface area contributed by atoms with Crippen LogP contribution in [0.25, 0.3) is 22.4 Å². The molecule has 0 saturated carbocycles. The van der Waals surface area contributed by atoms with E-state index in [-0.39, 0.29) is 6.54 Å². The van der Waals surface area contributed by atoms with Gasteiger partial charge in [0.05, 0.1) is 28.3 Å². The van der Waals surface area contributed by atoms with Gasteiger partial charge in [-0.05, 0) is 18.2 Å². The molecule has 135 valence electrons. The van der Waals surface area contributed by atoms with Gasteiger partial charge in [0.1, 0.15) is 17.8 Å². The molecule has 0 aliphatic heterocycles. The first kappa shape index (κ1) is 17.3. The van der Waals surface area contributed by atoms with Crippen LogP contribution in [0, 0.1) is 6.20 Å². The molecule has 0 bridgehead atoms.